The molecule has 0 amide bonds. The smallest absolute Gasteiger partial charge is 0.166 e. The van der Waals surface area contributed by atoms with Crippen molar-refractivity contribution in [1.29, 1.82) is 0 Å². The largest absolute Gasteiger partial charge is 0.362 e. The monoisotopic (exact) mass is 224 g/mol. The maximum atomic E-state index is 5.15. The molecule has 0 bridgehead atoms. The lowest BCUT2D eigenvalue weighted by Crippen LogP contribution is -2.37. The number of aromatic nitrogens is 2. The van der Waals surface area contributed by atoms with E-state index in [0.717, 1.165) is 18.1 Å². The molecule has 15 heavy (non-hydrogen) atoms. The van der Waals surface area contributed by atoms with Crippen LogP contribution in [0.25, 0.3) is 0 Å². The minimum Gasteiger partial charge on any atom is -0.362 e. The average molecular weight is 224 g/mol. The number of aryl methyl sites for hydroxylation is 1. The van der Waals surface area contributed by atoms with Crippen LogP contribution in [0.2, 0.25) is 0 Å². The van der Waals surface area contributed by atoms with Crippen molar-refractivity contribution in [3.05, 3.63) is 18.0 Å². The lowest BCUT2D eigenvalue weighted by atomic mass is 10.3. The van der Waals surface area contributed by atoms with Crippen molar-refractivity contribution in [3.8, 4) is 0 Å². The average Bonchev–Trinajstić information content (AvgIpc) is 2.91. The van der Waals surface area contributed by atoms with E-state index >= 15 is 0 Å². The third-order valence-corrected chi connectivity index (χ3v) is 2.76. The summed E-state index contributed by atoms with van der Waals surface area (Å²) in [5.74, 6) is 0. The van der Waals surface area contributed by atoms with Crippen LogP contribution >= 0.6 is 12.2 Å². The van der Waals surface area contributed by atoms with E-state index in [2.05, 4.69) is 15.7 Å². The van der Waals surface area contributed by atoms with Gasteiger partial charge in [0.1, 0.15) is 0 Å². The van der Waals surface area contributed by atoms with Gasteiger partial charge in [-0.25, -0.2) is 0 Å². The molecule has 0 radical (unpaired) electrons. The Morgan fingerprint density at radius 1 is 1.67 bits per heavy atom. The molecule has 1 aromatic rings. The highest BCUT2D eigenvalue weighted by Gasteiger charge is 2.21. The first-order valence-corrected chi connectivity index (χ1v) is 5.68. The Balaban J connectivity index is 1.65. The molecule has 5 heteroatoms. The standard InChI is InChI=1S/C10H16N4S/c1-14-9(5-7-12-14)4-6-11-10(15)13-8-2-3-8/h5,7-8H,2-4,6H2,1H3,(H2,11,13,15). The second kappa shape index (κ2) is 4.61. The van der Waals surface area contributed by atoms with E-state index in [1.165, 1.54) is 18.5 Å². The van der Waals surface area contributed by atoms with Gasteiger partial charge < -0.3 is 10.6 Å². The molecule has 0 aromatic carbocycles. The number of nitrogens with one attached hydrogen (secondary N) is 2. The maximum absolute atomic E-state index is 5.15. The summed E-state index contributed by atoms with van der Waals surface area (Å²) in [5, 5.41) is 11.3. The lowest BCUT2D eigenvalue weighted by molar-refractivity contribution is 0.692. The van der Waals surface area contributed by atoms with E-state index in [1.807, 2.05) is 24.0 Å². The number of hydrogen-bond acceptors (Lipinski definition) is 2. The van der Waals surface area contributed by atoms with Gasteiger partial charge in [-0.3, -0.25) is 4.68 Å². The molecule has 0 spiro atoms. The van der Waals surface area contributed by atoms with Gasteiger partial charge in [0.25, 0.3) is 0 Å². The molecule has 2 N–H and O–H groups in total. The molecule has 0 atom stereocenters. The van der Waals surface area contributed by atoms with Gasteiger partial charge in [-0.15, -0.1) is 0 Å². The van der Waals surface area contributed by atoms with E-state index in [0.29, 0.717) is 6.04 Å². The van der Waals surface area contributed by atoms with E-state index in [9.17, 15) is 0 Å². The molecule has 0 unspecified atom stereocenters. The molecule has 1 saturated carbocycles. The first-order chi connectivity index (χ1) is 7.25. The number of nitrogens with zero attached hydrogens (tertiary/aromatic N) is 2. The number of hydrogen-bond donors (Lipinski definition) is 2. The van der Waals surface area contributed by atoms with Gasteiger partial charge in [0.05, 0.1) is 0 Å². The molecular weight excluding hydrogens is 208 g/mol. The fourth-order valence-corrected chi connectivity index (χ4v) is 1.68. The fourth-order valence-electron chi connectivity index (χ4n) is 1.41. The zero-order valence-corrected chi connectivity index (χ0v) is 9.68. The SMILES string of the molecule is Cn1nccc1CCNC(=S)NC1CC1. The van der Waals surface area contributed by atoms with Crippen LogP contribution in [-0.4, -0.2) is 27.5 Å². The van der Waals surface area contributed by atoms with Crippen LogP contribution in [0.4, 0.5) is 0 Å². The molecule has 1 aromatic heterocycles. The van der Waals surface area contributed by atoms with Gasteiger partial charge in [0.2, 0.25) is 0 Å². The van der Waals surface area contributed by atoms with Crippen molar-refractivity contribution in [2.45, 2.75) is 25.3 Å². The molecular formula is C10H16N4S. The van der Waals surface area contributed by atoms with Crippen molar-refractivity contribution in [2.75, 3.05) is 6.54 Å². The second-order valence-corrected chi connectivity index (χ2v) is 4.28. The molecule has 0 aliphatic heterocycles. The fraction of sp³-hybridized carbons (Fsp3) is 0.600. The highest BCUT2D eigenvalue weighted by molar-refractivity contribution is 7.80. The predicted octanol–water partition coefficient (Wildman–Crippen LogP) is 0.589. The van der Waals surface area contributed by atoms with Gasteiger partial charge in [0, 0.05) is 37.9 Å². The van der Waals surface area contributed by atoms with Gasteiger partial charge in [-0.2, -0.15) is 5.10 Å². The summed E-state index contributed by atoms with van der Waals surface area (Å²) in [6, 6.07) is 2.65. The Labute approximate surface area is 95.0 Å². The molecule has 0 saturated heterocycles. The Morgan fingerprint density at radius 2 is 2.47 bits per heavy atom. The van der Waals surface area contributed by atoms with Crippen LogP contribution in [-0.2, 0) is 13.5 Å². The van der Waals surface area contributed by atoms with E-state index < -0.39 is 0 Å². The minimum atomic E-state index is 0.627. The van der Waals surface area contributed by atoms with E-state index in [4.69, 9.17) is 12.2 Å². The van der Waals surface area contributed by atoms with E-state index in [1.54, 1.807) is 0 Å². The Hall–Kier alpha value is -1.10. The van der Waals surface area contributed by atoms with Crippen LogP contribution in [0.1, 0.15) is 18.5 Å². The van der Waals surface area contributed by atoms with Gasteiger partial charge in [-0.05, 0) is 31.1 Å². The summed E-state index contributed by atoms with van der Waals surface area (Å²) >= 11 is 5.15. The highest BCUT2D eigenvalue weighted by atomic mass is 32.1. The second-order valence-electron chi connectivity index (χ2n) is 3.87. The zero-order valence-electron chi connectivity index (χ0n) is 8.86. The van der Waals surface area contributed by atoms with Crippen LogP contribution in [0.3, 0.4) is 0 Å². The van der Waals surface area contributed by atoms with E-state index in [-0.39, 0.29) is 0 Å². The quantitative estimate of drug-likeness (QED) is 0.735. The summed E-state index contributed by atoms with van der Waals surface area (Å²) < 4.78 is 1.89. The van der Waals surface area contributed by atoms with Crippen LogP contribution in [0, 0.1) is 0 Å². The van der Waals surface area contributed by atoms with Crippen molar-refractivity contribution in [3.63, 3.8) is 0 Å². The van der Waals surface area contributed by atoms with Crippen molar-refractivity contribution >= 4 is 17.3 Å². The topological polar surface area (TPSA) is 41.9 Å². The summed E-state index contributed by atoms with van der Waals surface area (Å²) in [7, 11) is 1.95. The zero-order chi connectivity index (χ0) is 10.7. The third kappa shape index (κ3) is 3.20. The molecule has 1 aliphatic rings. The molecule has 1 aliphatic carbocycles. The van der Waals surface area contributed by atoms with Crippen molar-refractivity contribution in [1.82, 2.24) is 20.4 Å². The Bertz CT molecular complexity index is 343. The van der Waals surface area contributed by atoms with Gasteiger partial charge >= 0.3 is 0 Å². The molecule has 2 rings (SSSR count). The first kappa shape index (κ1) is 10.4. The summed E-state index contributed by atoms with van der Waals surface area (Å²) in [6.07, 6.45) is 5.27. The number of rotatable bonds is 4. The first-order valence-electron chi connectivity index (χ1n) is 5.27. The highest BCUT2D eigenvalue weighted by Crippen LogP contribution is 2.18. The number of thiocarbonyl (C=S) groups is 1. The van der Waals surface area contributed by atoms with Crippen LogP contribution < -0.4 is 10.6 Å². The third-order valence-electron chi connectivity index (χ3n) is 2.50. The van der Waals surface area contributed by atoms with Crippen molar-refractivity contribution < 1.29 is 0 Å². The normalized spacial score (nSPS) is 15.0. The molecule has 1 fully saturated rings. The minimum absolute atomic E-state index is 0.627. The molecule has 82 valence electrons. The predicted molar refractivity (Wildman–Crippen MR) is 63.7 cm³/mol. The Kier molecular flexibility index (Phi) is 3.20. The van der Waals surface area contributed by atoms with Gasteiger partial charge in [-0.1, -0.05) is 0 Å². The summed E-state index contributed by atoms with van der Waals surface area (Å²) in [5.41, 5.74) is 1.22. The van der Waals surface area contributed by atoms with Crippen LogP contribution in [0.15, 0.2) is 12.3 Å². The molecule has 4 nitrogen and oxygen atoms in total. The van der Waals surface area contributed by atoms with Crippen molar-refractivity contribution in [2.24, 2.45) is 7.05 Å². The lowest BCUT2D eigenvalue weighted by Gasteiger charge is -2.09. The van der Waals surface area contributed by atoms with Crippen LogP contribution in [0.5, 0.6) is 0 Å². The maximum Gasteiger partial charge on any atom is 0.166 e. The summed E-state index contributed by atoms with van der Waals surface area (Å²) in [4.78, 5) is 0. The summed E-state index contributed by atoms with van der Waals surface area (Å²) in [6.45, 7) is 0.859. The Morgan fingerprint density at radius 3 is 3.07 bits per heavy atom. The van der Waals surface area contributed by atoms with Gasteiger partial charge in [0.15, 0.2) is 5.11 Å². The molecule has 1 heterocycles.